The van der Waals surface area contributed by atoms with Crippen LogP contribution in [-0.2, 0) is 19.2 Å². The van der Waals surface area contributed by atoms with Gasteiger partial charge >= 0.3 is 0 Å². The highest BCUT2D eigenvalue weighted by atomic mass is 16.2. The largest absolute Gasteiger partial charge is 0.295 e. The van der Waals surface area contributed by atoms with Crippen molar-refractivity contribution in [2.75, 3.05) is 0 Å². The molecule has 0 saturated heterocycles. The first-order valence-electron chi connectivity index (χ1n) is 14.9. The van der Waals surface area contributed by atoms with Crippen LogP contribution in [0.2, 0.25) is 0 Å². The second-order valence-electron chi connectivity index (χ2n) is 15.5. The normalized spacial score (nSPS) is 45.3. The Morgan fingerprint density at radius 3 is 2.38 bits per heavy atom. The number of hydrogen-bond acceptors (Lipinski definition) is 5. The number of carbonyl (C=O) groups is 4. The van der Waals surface area contributed by atoms with E-state index < -0.39 is 10.8 Å². The van der Waals surface area contributed by atoms with Crippen LogP contribution in [0.15, 0.2) is 23.3 Å². The highest BCUT2D eigenvalue weighted by molar-refractivity contribution is 6.04. The van der Waals surface area contributed by atoms with Gasteiger partial charge in [-0.15, -0.1) is 0 Å². The first-order chi connectivity index (χ1) is 18.5. The molecule has 0 radical (unpaired) electrons. The van der Waals surface area contributed by atoms with Gasteiger partial charge in [-0.1, -0.05) is 60.1 Å². The summed E-state index contributed by atoms with van der Waals surface area (Å²) in [6.45, 7) is 15.2. The number of nitrogens with one attached hydrogen (secondary N) is 2. The molecule has 0 aromatic rings. The van der Waals surface area contributed by atoms with Crippen molar-refractivity contribution in [1.82, 2.24) is 10.9 Å². The Labute approximate surface area is 238 Å². The summed E-state index contributed by atoms with van der Waals surface area (Å²) in [5, 5.41) is 9.89. The lowest BCUT2D eigenvalue weighted by molar-refractivity contribution is -0.170. The van der Waals surface area contributed by atoms with Crippen LogP contribution in [0, 0.1) is 61.6 Å². The number of Topliss-reactive ketones (excluding diaryl/α,β-unsaturated/α-hetero) is 1. The van der Waals surface area contributed by atoms with Gasteiger partial charge in [0.1, 0.15) is 6.07 Å². The van der Waals surface area contributed by atoms with Crippen molar-refractivity contribution in [3.05, 3.63) is 23.3 Å². The zero-order valence-corrected chi connectivity index (χ0v) is 25.2. The molecule has 5 rings (SSSR count). The van der Waals surface area contributed by atoms with Crippen LogP contribution in [0.3, 0.4) is 0 Å². The van der Waals surface area contributed by atoms with Crippen molar-refractivity contribution >= 4 is 23.9 Å². The van der Waals surface area contributed by atoms with Gasteiger partial charge in [-0.25, -0.2) is 0 Å². The summed E-state index contributed by atoms with van der Waals surface area (Å²) in [6.07, 6.45) is 11.0. The monoisotopic (exact) mass is 547 g/mol. The molecule has 3 fully saturated rings. The van der Waals surface area contributed by atoms with E-state index in [1.165, 1.54) is 0 Å². The van der Waals surface area contributed by atoms with Gasteiger partial charge in [0.25, 0.3) is 0 Å². The summed E-state index contributed by atoms with van der Waals surface area (Å²) in [4.78, 5) is 50.9. The van der Waals surface area contributed by atoms with E-state index in [1.807, 2.05) is 26.0 Å². The smallest absolute Gasteiger partial charge is 0.238 e. The average Bonchev–Trinajstić information content (AvgIpc) is 2.87. The average molecular weight is 548 g/mol. The van der Waals surface area contributed by atoms with E-state index in [2.05, 4.69) is 51.5 Å². The second kappa shape index (κ2) is 8.87. The standard InChI is InChI=1S/C33H45N3O4/c1-28(2)23-8-9-32(6)24(31(23,5)15-20(18-34)27(28)40)14-22(38)26-21-16-29(3,17-25(39)36-35-19-37)10-11-30(21,4)12-13-33(26,32)7/h14-15,19,21,23,26H,8-13,16-17H2,1-7H3,(H,35,37)(H,36,39)/t21-,23-,26-,29-,30+,31-,32+,33+/m0/s1. The zero-order chi connectivity index (χ0) is 29.5. The third-order valence-electron chi connectivity index (χ3n) is 13.0. The number of carbonyl (C=O) groups excluding carboxylic acids is 4. The lowest BCUT2D eigenvalue weighted by Gasteiger charge is -2.69. The Kier molecular flexibility index (Phi) is 6.38. The Bertz CT molecular complexity index is 1290. The first kappa shape index (κ1) is 28.8. The minimum absolute atomic E-state index is 0.0298. The maximum Gasteiger partial charge on any atom is 0.238 e. The summed E-state index contributed by atoms with van der Waals surface area (Å²) < 4.78 is 0. The highest BCUT2D eigenvalue weighted by Gasteiger charge is 2.69. The summed E-state index contributed by atoms with van der Waals surface area (Å²) in [6, 6.07) is 2.18. The number of hydrazine groups is 1. The molecule has 5 aliphatic carbocycles. The van der Waals surface area contributed by atoms with E-state index >= 15 is 0 Å². The van der Waals surface area contributed by atoms with Crippen LogP contribution in [0.5, 0.6) is 0 Å². The maximum absolute atomic E-state index is 14.4. The van der Waals surface area contributed by atoms with Crippen molar-refractivity contribution in [2.45, 2.75) is 99.8 Å². The molecule has 0 bridgehead atoms. The Balaban J connectivity index is 1.58. The summed E-state index contributed by atoms with van der Waals surface area (Å²) >= 11 is 0. The van der Waals surface area contributed by atoms with Crippen LogP contribution in [0.4, 0.5) is 0 Å². The highest BCUT2D eigenvalue weighted by Crippen LogP contribution is 2.74. The Morgan fingerprint density at radius 1 is 1.05 bits per heavy atom. The molecular weight excluding hydrogens is 502 g/mol. The third-order valence-corrected chi connectivity index (χ3v) is 13.0. The van der Waals surface area contributed by atoms with E-state index in [1.54, 1.807) is 0 Å². The summed E-state index contributed by atoms with van der Waals surface area (Å²) in [5.74, 6) is -0.0857. The lowest BCUT2D eigenvalue weighted by atomic mass is 9.34. The minimum atomic E-state index is -0.673. The van der Waals surface area contributed by atoms with Crippen LogP contribution >= 0.6 is 0 Å². The Hall–Kier alpha value is -2.75. The molecule has 2 amide bonds. The number of nitriles is 1. The van der Waals surface area contributed by atoms with Crippen molar-refractivity contribution in [2.24, 2.45) is 50.2 Å². The molecule has 0 unspecified atom stereocenters. The van der Waals surface area contributed by atoms with Gasteiger partial charge in [0, 0.05) is 23.2 Å². The summed E-state index contributed by atoms with van der Waals surface area (Å²) in [5.41, 5.74) is 4.11. The number of allylic oxidation sites excluding steroid dienone is 4. The fourth-order valence-electron chi connectivity index (χ4n) is 10.5. The predicted octanol–water partition coefficient (Wildman–Crippen LogP) is 5.37. The Morgan fingerprint density at radius 2 is 1.73 bits per heavy atom. The molecule has 3 saturated carbocycles. The molecule has 40 heavy (non-hydrogen) atoms. The van der Waals surface area contributed by atoms with Gasteiger partial charge in [0.2, 0.25) is 12.3 Å². The van der Waals surface area contributed by atoms with Gasteiger partial charge in [0.05, 0.1) is 5.57 Å². The molecule has 8 atom stereocenters. The number of nitrogens with zero attached hydrogens (tertiary/aromatic N) is 1. The molecule has 0 heterocycles. The van der Waals surface area contributed by atoms with Crippen LogP contribution in [0.25, 0.3) is 0 Å². The summed E-state index contributed by atoms with van der Waals surface area (Å²) in [7, 11) is 0. The molecule has 7 nitrogen and oxygen atoms in total. The molecule has 0 spiro atoms. The van der Waals surface area contributed by atoms with Gasteiger partial charge < -0.3 is 0 Å². The number of rotatable bonds is 4. The maximum atomic E-state index is 14.4. The first-order valence-corrected chi connectivity index (χ1v) is 14.9. The lowest BCUT2D eigenvalue weighted by Crippen LogP contribution is -2.64. The molecular formula is C33H45N3O4. The molecule has 0 aromatic carbocycles. The molecule has 7 heteroatoms. The SMILES string of the molecule is CC1(C)C(=O)C(C#N)=C[C@]2(C)C3=CC(=O)[C@@H]4[C@@H]5C[C@@](C)(CC(=O)NNC=O)CC[C@]5(C)CC[C@@]4(C)[C@]3(C)CC[C@@H]12. The van der Waals surface area contributed by atoms with Crippen molar-refractivity contribution in [1.29, 1.82) is 5.26 Å². The van der Waals surface area contributed by atoms with Crippen LogP contribution < -0.4 is 10.9 Å². The minimum Gasteiger partial charge on any atom is -0.295 e. The van der Waals surface area contributed by atoms with Gasteiger partial charge in [-0.2, -0.15) is 5.26 Å². The van der Waals surface area contributed by atoms with Crippen molar-refractivity contribution in [3.63, 3.8) is 0 Å². The third kappa shape index (κ3) is 3.73. The van der Waals surface area contributed by atoms with Crippen LogP contribution in [-0.4, -0.2) is 23.9 Å². The van der Waals surface area contributed by atoms with Crippen LogP contribution in [0.1, 0.15) is 99.8 Å². The fraction of sp³-hybridized carbons (Fsp3) is 0.727. The topological polar surface area (TPSA) is 116 Å². The van der Waals surface area contributed by atoms with Crippen molar-refractivity contribution < 1.29 is 19.2 Å². The predicted molar refractivity (Wildman–Crippen MR) is 151 cm³/mol. The van der Waals surface area contributed by atoms with E-state index in [0.29, 0.717) is 12.8 Å². The van der Waals surface area contributed by atoms with E-state index in [4.69, 9.17) is 0 Å². The molecule has 2 N–H and O–H groups in total. The zero-order valence-electron chi connectivity index (χ0n) is 25.2. The number of amides is 2. The van der Waals surface area contributed by atoms with E-state index in [0.717, 1.165) is 50.5 Å². The molecule has 0 aromatic heterocycles. The van der Waals surface area contributed by atoms with E-state index in [9.17, 15) is 24.4 Å². The molecule has 0 aliphatic heterocycles. The molecule has 216 valence electrons. The second-order valence-corrected chi connectivity index (χ2v) is 15.5. The molecule has 5 aliphatic rings. The number of ketones is 2. The quantitative estimate of drug-likeness (QED) is 0.362. The van der Waals surface area contributed by atoms with E-state index in [-0.39, 0.29) is 62.5 Å². The number of hydrogen-bond donors (Lipinski definition) is 2. The van der Waals surface area contributed by atoms with Gasteiger partial charge in [-0.3, -0.25) is 30.0 Å². The van der Waals surface area contributed by atoms with Gasteiger partial charge in [0.15, 0.2) is 11.6 Å². The number of fused-ring (bicyclic) bond motifs is 7. The fourth-order valence-corrected chi connectivity index (χ4v) is 10.5. The van der Waals surface area contributed by atoms with Gasteiger partial charge in [-0.05, 0) is 84.5 Å². The van der Waals surface area contributed by atoms with Crippen molar-refractivity contribution in [3.8, 4) is 6.07 Å².